The van der Waals surface area contributed by atoms with Crippen LogP contribution >= 0.6 is 11.3 Å². The number of hydrogen-bond donors (Lipinski definition) is 1. The van der Waals surface area contributed by atoms with Gasteiger partial charge in [0.05, 0.1) is 5.69 Å². The fraction of sp³-hybridized carbons (Fsp3) is 0.769. The molecule has 0 radical (unpaired) electrons. The largest absolute Gasteiger partial charge is 0.374 e. The molecule has 0 amide bonds. The van der Waals surface area contributed by atoms with Gasteiger partial charge in [0.2, 0.25) is 0 Å². The van der Waals surface area contributed by atoms with Gasteiger partial charge in [-0.05, 0) is 38.6 Å². The van der Waals surface area contributed by atoms with Gasteiger partial charge < -0.3 is 10.1 Å². The molecule has 1 heterocycles. The Kier molecular flexibility index (Phi) is 4.54. The lowest BCUT2D eigenvalue weighted by atomic mass is 10.2. The van der Waals surface area contributed by atoms with Gasteiger partial charge in [0.15, 0.2) is 0 Å². The lowest BCUT2D eigenvalue weighted by Gasteiger charge is -2.12. The van der Waals surface area contributed by atoms with Gasteiger partial charge in [0.25, 0.3) is 0 Å². The van der Waals surface area contributed by atoms with E-state index in [0.29, 0.717) is 12.0 Å². The molecule has 1 aromatic rings. The molecule has 2 unspecified atom stereocenters. The quantitative estimate of drug-likeness (QED) is 0.810. The number of ether oxygens (including phenoxy) is 1. The zero-order valence-electron chi connectivity index (χ0n) is 10.9. The highest BCUT2D eigenvalue weighted by molar-refractivity contribution is 7.09. The van der Waals surface area contributed by atoms with E-state index < -0.39 is 0 Å². The van der Waals surface area contributed by atoms with Crippen molar-refractivity contribution in [1.29, 1.82) is 0 Å². The number of rotatable bonds is 7. The third-order valence-electron chi connectivity index (χ3n) is 3.23. The summed E-state index contributed by atoms with van der Waals surface area (Å²) in [6.45, 7) is 5.40. The minimum Gasteiger partial charge on any atom is -0.374 e. The molecule has 1 aromatic heterocycles. The third-order valence-corrected chi connectivity index (χ3v) is 4.16. The lowest BCUT2D eigenvalue weighted by Crippen LogP contribution is -2.19. The summed E-state index contributed by atoms with van der Waals surface area (Å²) in [7, 11) is 1.79. The Morgan fingerprint density at radius 2 is 2.35 bits per heavy atom. The topological polar surface area (TPSA) is 34.1 Å². The highest BCUT2D eigenvalue weighted by Crippen LogP contribution is 2.43. The van der Waals surface area contributed by atoms with E-state index in [1.165, 1.54) is 12.8 Å². The summed E-state index contributed by atoms with van der Waals surface area (Å²) in [6, 6.07) is 0.344. The fourth-order valence-corrected chi connectivity index (χ4v) is 3.07. The fourth-order valence-electron chi connectivity index (χ4n) is 1.99. The molecule has 0 aliphatic heterocycles. The molecule has 2 rings (SSSR count). The summed E-state index contributed by atoms with van der Waals surface area (Å²) in [4.78, 5) is 4.73. The molecule has 2 atom stereocenters. The van der Waals surface area contributed by atoms with E-state index in [-0.39, 0.29) is 6.10 Å². The third kappa shape index (κ3) is 3.27. The van der Waals surface area contributed by atoms with Crippen LogP contribution in [0.3, 0.4) is 0 Å². The second-order valence-corrected chi connectivity index (χ2v) is 5.67. The molecule has 17 heavy (non-hydrogen) atoms. The van der Waals surface area contributed by atoms with E-state index in [1.54, 1.807) is 18.4 Å². The smallest absolute Gasteiger partial charge is 0.122 e. The Morgan fingerprint density at radius 3 is 2.94 bits per heavy atom. The Labute approximate surface area is 108 Å². The molecule has 1 aliphatic carbocycles. The molecule has 0 saturated heterocycles. The van der Waals surface area contributed by atoms with Crippen LogP contribution in [-0.4, -0.2) is 18.6 Å². The molecule has 0 spiro atoms. The van der Waals surface area contributed by atoms with Gasteiger partial charge in [-0.15, -0.1) is 11.3 Å². The Bertz CT molecular complexity index is 349. The maximum Gasteiger partial charge on any atom is 0.122 e. The molecular weight excluding hydrogens is 232 g/mol. The second kappa shape index (κ2) is 5.94. The Balaban J connectivity index is 1.98. The lowest BCUT2D eigenvalue weighted by molar-refractivity contribution is 0.0842. The van der Waals surface area contributed by atoms with E-state index in [1.807, 2.05) is 0 Å². The Hall–Kier alpha value is -0.450. The number of methoxy groups -OCH3 is 1. The van der Waals surface area contributed by atoms with Crippen molar-refractivity contribution >= 4 is 11.3 Å². The number of thiazole rings is 1. The van der Waals surface area contributed by atoms with Crippen LogP contribution in [-0.2, 0) is 4.74 Å². The standard InChI is InChI=1S/C13H22N2OS/c1-4-7-14-9(2)11-8-17-13(15-11)12(16-3)10-5-6-10/h8-10,12,14H,4-7H2,1-3H3. The normalized spacial score (nSPS) is 19.2. The van der Waals surface area contributed by atoms with Gasteiger partial charge >= 0.3 is 0 Å². The van der Waals surface area contributed by atoms with Crippen LogP contribution in [0.15, 0.2) is 5.38 Å². The zero-order chi connectivity index (χ0) is 12.3. The van der Waals surface area contributed by atoms with Gasteiger partial charge in [-0.2, -0.15) is 0 Å². The summed E-state index contributed by atoms with van der Waals surface area (Å²) < 4.78 is 5.56. The number of nitrogens with one attached hydrogen (secondary N) is 1. The van der Waals surface area contributed by atoms with Crippen LogP contribution in [0.25, 0.3) is 0 Å². The van der Waals surface area contributed by atoms with Crippen molar-refractivity contribution in [3.63, 3.8) is 0 Å². The maximum atomic E-state index is 5.56. The van der Waals surface area contributed by atoms with Gasteiger partial charge in [-0.3, -0.25) is 0 Å². The Morgan fingerprint density at radius 1 is 1.59 bits per heavy atom. The molecule has 0 aromatic carbocycles. The van der Waals surface area contributed by atoms with Crippen LogP contribution in [0.1, 0.15) is 56.0 Å². The summed E-state index contributed by atoms with van der Waals surface area (Å²) in [5.41, 5.74) is 1.15. The SMILES string of the molecule is CCCNC(C)c1csc(C(OC)C2CC2)n1. The molecule has 1 saturated carbocycles. The van der Waals surface area contributed by atoms with Crippen molar-refractivity contribution in [3.05, 3.63) is 16.1 Å². The van der Waals surface area contributed by atoms with Crippen molar-refractivity contribution in [2.45, 2.75) is 45.3 Å². The molecule has 1 aliphatic rings. The summed E-state index contributed by atoms with van der Waals surface area (Å²) in [5, 5.41) is 6.78. The van der Waals surface area contributed by atoms with Crippen molar-refractivity contribution in [1.82, 2.24) is 10.3 Å². The van der Waals surface area contributed by atoms with E-state index in [9.17, 15) is 0 Å². The first-order valence-electron chi connectivity index (χ1n) is 6.47. The highest BCUT2D eigenvalue weighted by atomic mass is 32.1. The summed E-state index contributed by atoms with van der Waals surface area (Å²) >= 11 is 1.74. The second-order valence-electron chi connectivity index (χ2n) is 4.78. The van der Waals surface area contributed by atoms with Crippen LogP contribution in [0.2, 0.25) is 0 Å². The van der Waals surface area contributed by atoms with Crippen molar-refractivity contribution in [2.75, 3.05) is 13.7 Å². The van der Waals surface area contributed by atoms with Gasteiger partial charge in [0, 0.05) is 18.5 Å². The molecule has 0 bridgehead atoms. The minimum atomic E-state index is 0.229. The zero-order valence-corrected chi connectivity index (χ0v) is 11.7. The molecule has 4 heteroatoms. The van der Waals surface area contributed by atoms with Gasteiger partial charge in [0.1, 0.15) is 11.1 Å². The molecule has 1 N–H and O–H groups in total. The first kappa shape index (κ1) is 13.0. The van der Waals surface area contributed by atoms with E-state index in [0.717, 1.165) is 23.7 Å². The average molecular weight is 254 g/mol. The van der Waals surface area contributed by atoms with Crippen molar-refractivity contribution in [3.8, 4) is 0 Å². The van der Waals surface area contributed by atoms with E-state index in [2.05, 4.69) is 24.5 Å². The predicted octanol–water partition coefficient (Wildman–Crippen LogP) is 3.30. The predicted molar refractivity (Wildman–Crippen MR) is 71.3 cm³/mol. The average Bonchev–Trinajstić information content (AvgIpc) is 3.04. The van der Waals surface area contributed by atoms with Crippen LogP contribution in [0.4, 0.5) is 0 Å². The molecule has 3 nitrogen and oxygen atoms in total. The maximum absolute atomic E-state index is 5.56. The van der Waals surface area contributed by atoms with Crippen LogP contribution in [0, 0.1) is 5.92 Å². The highest BCUT2D eigenvalue weighted by Gasteiger charge is 2.34. The molecular formula is C13H22N2OS. The summed E-state index contributed by atoms with van der Waals surface area (Å²) in [5.74, 6) is 0.706. The molecule has 1 fully saturated rings. The van der Waals surface area contributed by atoms with Crippen molar-refractivity contribution < 1.29 is 4.74 Å². The van der Waals surface area contributed by atoms with E-state index in [4.69, 9.17) is 9.72 Å². The number of aromatic nitrogens is 1. The first-order chi connectivity index (χ1) is 8.26. The van der Waals surface area contributed by atoms with Crippen LogP contribution in [0.5, 0.6) is 0 Å². The van der Waals surface area contributed by atoms with E-state index >= 15 is 0 Å². The monoisotopic (exact) mass is 254 g/mol. The summed E-state index contributed by atoms with van der Waals surface area (Å²) in [6.07, 6.45) is 3.96. The van der Waals surface area contributed by atoms with Crippen molar-refractivity contribution in [2.24, 2.45) is 5.92 Å². The minimum absolute atomic E-state index is 0.229. The van der Waals surface area contributed by atoms with Gasteiger partial charge in [-0.25, -0.2) is 4.98 Å². The molecule has 96 valence electrons. The number of hydrogen-bond acceptors (Lipinski definition) is 4. The first-order valence-corrected chi connectivity index (χ1v) is 7.35. The number of nitrogens with zero attached hydrogens (tertiary/aromatic N) is 1. The van der Waals surface area contributed by atoms with Gasteiger partial charge in [-0.1, -0.05) is 6.92 Å². The van der Waals surface area contributed by atoms with Crippen LogP contribution < -0.4 is 5.32 Å².